The summed E-state index contributed by atoms with van der Waals surface area (Å²) in [4.78, 5) is 16.1. The third-order valence-corrected chi connectivity index (χ3v) is 6.91. The van der Waals surface area contributed by atoms with Crippen LogP contribution in [0.2, 0.25) is 0 Å². The zero-order valence-electron chi connectivity index (χ0n) is 17.0. The highest BCUT2D eigenvalue weighted by atomic mass is 32.2. The van der Waals surface area contributed by atoms with Gasteiger partial charge in [-0.05, 0) is 69.7 Å². The molecule has 2 N–H and O–H groups in total. The molecule has 1 aliphatic rings. The highest BCUT2D eigenvalue weighted by Gasteiger charge is 2.20. The first kappa shape index (κ1) is 20.9. The molecule has 0 bridgehead atoms. The number of benzene rings is 1. The number of nitrogens with zero attached hydrogens (tertiary/aromatic N) is 1. The van der Waals surface area contributed by atoms with E-state index in [0.29, 0.717) is 25.1 Å². The highest BCUT2D eigenvalue weighted by molar-refractivity contribution is 7.88. The normalized spacial score (nSPS) is 15.0. The van der Waals surface area contributed by atoms with E-state index in [0.717, 1.165) is 23.7 Å². The van der Waals surface area contributed by atoms with E-state index in [-0.39, 0.29) is 11.9 Å². The minimum Gasteiger partial charge on any atom is -0.358 e. The topological polar surface area (TPSA) is 82.3 Å². The molecule has 1 aromatic carbocycles. The van der Waals surface area contributed by atoms with Gasteiger partial charge in [-0.25, -0.2) is 8.42 Å². The maximum absolute atomic E-state index is 12.6. The Labute approximate surface area is 167 Å². The fourth-order valence-electron chi connectivity index (χ4n) is 4.07. The molecule has 1 aliphatic carbocycles. The van der Waals surface area contributed by atoms with Crippen LogP contribution in [0.1, 0.15) is 61.1 Å². The summed E-state index contributed by atoms with van der Waals surface area (Å²) >= 11 is 0. The molecule has 0 spiro atoms. The van der Waals surface area contributed by atoms with Crippen molar-refractivity contribution in [2.45, 2.75) is 58.4 Å². The zero-order chi connectivity index (χ0) is 20.3. The fourth-order valence-corrected chi connectivity index (χ4v) is 5.30. The molecule has 0 saturated heterocycles. The summed E-state index contributed by atoms with van der Waals surface area (Å²) in [5, 5.41) is 4.08. The molecule has 0 aliphatic heterocycles. The smallest absolute Gasteiger partial charge is 0.251 e. The van der Waals surface area contributed by atoms with Crippen LogP contribution >= 0.6 is 0 Å². The molecule has 7 heteroatoms. The summed E-state index contributed by atoms with van der Waals surface area (Å²) in [5.74, 6) is -0.110. The minimum absolute atomic E-state index is 0.0862. The van der Waals surface area contributed by atoms with Crippen LogP contribution in [-0.2, 0) is 22.9 Å². The van der Waals surface area contributed by atoms with Crippen LogP contribution in [0.5, 0.6) is 0 Å². The molecule has 1 amide bonds. The molecular formula is C21H31N3O3S. The van der Waals surface area contributed by atoms with Gasteiger partial charge in [-0.3, -0.25) is 4.79 Å². The SMILES string of the molecule is CC(C)N(CCCNC(=O)c1ccc2[nH]c3c(c2c1)CCCCC3)S(C)(=O)=O. The molecule has 6 nitrogen and oxygen atoms in total. The van der Waals surface area contributed by atoms with E-state index in [4.69, 9.17) is 0 Å². The predicted molar refractivity (Wildman–Crippen MR) is 113 cm³/mol. The van der Waals surface area contributed by atoms with Crippen LogP contribution < -0.4 is 5.32 Å². The van der Waals surface area contributed by atoms with Crippen molar-refractivity contribution in [3.05, 3.63) is 35.0 Å². The van der Waals surface area contributed by atoms with Gasteiger partial charge in [0.1, 0.15) is 0 Å². The second kappa shape index (κ2) is 8.66. The number of H-pyrrole nitrogens is 1. The Hall–Kier alpha value is -1.86. The Morgan fingerprint density at radius 2 is 1.96 bits per heavy atom. The van der Waals surface area contributed by atoms with Gasteiger partial charge in [0, 0.05) is 41.3 Å². The number of carbonyl (C=O) groups excluding carboxylic acids is 1. The molecule has 154 valence electrons. The van der Waals surface area contributed by atoms with Crippen molar-refractivity contribution in [3.63, 3.8) is 0 Å². The van der Waals surface area contributed by atoms with Crippen LogP contribution in [0.3, 0.4) is 0 Å². The maximum atomic E-state index is 12.6. The molecule has 0 radical (unpaired) electrons. The van der Waals surface area contributed by atoms with E-state index < -0.39 is 10.0 Å². The van der Waals surface area contributed by atoms with Gasteiger partial charge in [0.15, 0.2) is 0 Å². The lowest BCUT2D eigenvalue weighted by Gasteiger charge is -2.23. The maximum Gasteiger partial charge on any atom is 0.251 e. The summed E-state index contributed by atoms with van der Waals surface area (Å²) in [5.41, 5.74) is 4.44. The Morgan fingerprint density at radius 1 is 1.21 bits per heavy atom. The van der Waals surface area contributed by atoms with Gasteiger partial charge >= 0.3 is 0 Å². The van der Waals surface area contributed by atoms with E-state index in [1.807, 2.05) is 32.0 Å². The van der Waals surface area contributed by atoms with Gasteiger partial charge in [-0.15, -0.1) is 0 Å². The Kier molecular flexibility index (Phi) is 6.45. The summed E-state index contributed by atoms with van der Waals surface area (Å²) < 4.78 is 25.1. The van der Waals surface area contributed by atoms with Crippen LogP contribution in [0.25, 0.3) is 10.9 Å². The van der Waals surface area contributed by atoms with Gasteiger partial charge in [0.05, 0.1) is 6.26 Å². The van der Waals surface area contributed by atoms with Crippen molar-refractivity contribution in [2.24, 2.45) is 0 Å². The summed E-state index contributed by atoms with van der Waals surface area (Å²) in [6.45, 7) is 4.56. The third-order valence-electron chi connectivity index (χ3n) is 5.45. The number of sulfonamides is 1. The number of aryl methyl sites for hydroxylation is 2. The number of hydrogen-bond acceptors (Lipinski definition) is 3. The zero-order valence-corrected chi connectivity index (χ0v) is 17.9. The largest absolute Gasteiger partial charge is 0.358 e. The predicted octanol–water partition coefficient (Wildman–Crippen LogP) is 3.23. The molecular weight excluding hydrogens is 374 g/mol. The van der Waals surface area contributed by atoms with Gasteiger partial charge in [0.2, 0.25) is 10.0 Å². The monoisotopic (exact) mass is 405 g/mol. The number of aromatic nitrogens is 1. The van der Waals surface area contributed by atoms with Gasteiger partial charge in [-0.1, -0.05) is 6.42 Å². The number of fused-ring (bicyclic) bond motifs is 3. The first-order valence-electron chi connectivity index (χ1n) is 10.2. The van der Waals surface area contributed by atoms with Crippen molar-refractivity contribution >= 4 is 26.8 Å². The van der Waals surface area contributed by atoms with Crippen molar-refractivity contribution in [3.8, 4) is 0 Å². The van der Waals surface area contributed by atoms with Crippen molar-refractivity contribution in [1.29, 1.82) is 0 Å². The standard InChI is InChI=1S/C21H31N3O3S/c1-15(2)24(28(3,26)27)13-7-12-22-21(25)16-10-11-20-18(14-16)17-8-5-4-6-9-19(17)23-20/h10-11,14-15,23H,4-9,12-13H2,1-3H3,(H,22,25). The molecule has 0 saturated carbocycles. The van der Waals surface area contributed by atoms with Gasteiger partial charge in [0.25, 0.3) is 5.91 Å². The number of rotatable bonds is 7. The Bertz CT molecular complexity index is 947. The fraction of sp³-hybridized carbons (Fsp3) is 0.571. The number of aromatic amines is 1. The van der Waals surface area contributed by atoms with Gasteiger partial charge in [-0.2, -0.15) is 4.31 Å². The van der Waals surface area contributed by atoms with Crippen LogP contribution in [0, 0.1) is 0 Å². The van der Waals surface area contributed by atoms with Crippen LogP contribution in [-0.4, -0.2) is 49.0 Å². The Morgan fingerprint density at radius 3 is 2.68 bits per heavy atom. The van der Waals surface area contributed by atoms with Crippen molar-refractivity contribution in [1.82, 2.24) is 14.6 Å². The summed E-state index contributed by atoms with van der Waals surface area (Å²) in [6, 6.07) is 5.74. The molecule has 0 fully saturated rings. The number of amides is 1. The van der Waals surface area contributed by atoms with Crippen molar-refractivity contribution in [2.75, 3.05) is 19.3 Å². The van der Waals surface area contributed by atoms with E-state index in [9.17, 15) is 13.2 Å². The molecule has 1 aromatic heterocycles. The summed E-state index contributed by atoms with van der Waals surface area (Å²) in [6.07, 6.45) is 7.62. The third kappa shape index (κ3) is 4.75. The molecule has 0 atom stereocenters. The van der Waals surface area contributed by atoms with E-state index >= 15 is 0 Å². The van der Waals surface area contributed by atoms with Crippen LogP contribution in [0.15, 0.2) is 18.2 Å². The second-order valence-corrected chi connectivity index (χ2v) is 9.92. The van der Waals surface area contributed by atoms with Crippen LogP contribution in [0.4, 0.5) is 0 Å². The first-order valence-corrected chi connectivity index (χ1v) is 12.0. The average molecular weight is 406 g/mol. The number of carbonyl (C=O) groups is 1. The van der Waals surface area contributed by atoms with E-state index in [1.165, 1.54) is 41.1 Å². The van der Waals surface area contributed by atoms with E-state index in [2.05, 4.69) is 10.3 Å². The molecule has 1 heterocycles. The molecule has 0 unspecified atom stereocenters. The first-order chi connectivity index (χ1) is 13.3. The lowest BCUT2D eigenvalue weighted by atomic mass is 10.0. The molecule has 28 heavy (non-hydrogen) atoms. The average Bonchev–Trinajstić information content (AvgIpc) is 2.80. The summed E-state index contributed by atoms with van der Waals surface area (Å²) in [7, 11) is -3.23. The van der Waals surface area contributed by atoms with E-state index in [1.54, 1.807) is 0 Å². The number of hydrogen-bond donors (Lipinski definition) is 2. The second-order valence-electron chi connectivity index (χ2n) is 7.98. The lowest BCUT2D eigenvalue weighted by Crippen LogP contribution is -2.38. The highest BCUT2D eigenvalue weighted by Crippen LogP contribution is 2.29. The Balaban J connectivity index is 1.63. The quantitative estimate of drug-likeness (QED) is 0.548. The number of nitrogens with one attached hydrogen (secondary N) is 2. The minimum atomic E-state index is -3.23. The molecule has 2 aromatic rings. The molecule has 3 rings (SSSR count). The lowest BCUT2D eigenvalue weighted by molar-refractivity contribution is 0.0952. The van der Waals surface area contributed by atoms with Gasteiger partial charge < -0.3 is 10.3 Å². The van der Waals surface area contributed by atoms with Crippen molar-refractivity contribution < 1.29 is 13.2 Å².